The maximum absolute atomic E-state index is 11.0. The summed E-state index contributed by atoms with van der Waals surface area (Å²) < 4.78 is 9.57. The van der Waals surface area contributed by atoms with Crippen LogP contribution >= 0.6 is 12.2 Å². The van der Waals surface area contributed by atoms with Crippen LogP contribution in [0.3, 0.4) is 0 Å². The van der Waals surface area contributed by atoms with Crippen molar-refractivity contribution in [1.29, 1.82) is 0 Å². The molecule has 0 saturated carbocycles. The molecule has 9 heteroatoms. The standard InChI is InChI=1S/C17H17N5O3S/c1-11-8-12-9-13(22(23)24)5-6-14(12)20(11)10-21-17(26)19(2)16(18-21)15-4-3-7-25-15/h3-7,9,11H,8,10H2,1-2H3. The number of nitro groups is 1. The fourth-order valence-corrected chi connectivity index (χ4v) is 3.54. The molecule has 3 heterocycles. The number of anilines is 1. The Labute approximate surface area is 154 Å². The van der Waals surface area contributed by atoms with Gasteiger partial charge in [-0.3, -0.25) is 10.1 Å². The second-order valence-electron chi connectivity index (χ2n) is 6.38. The van der Waals surface area contributed by atoms with E-state index >= 15 is 0 Å². The first kappa shape index (κ1) is 16.5. The molecule has 1 unspecified atom stereocenters. The molecular weight excluding hydrogens is 354 g/mol. The zero-order chi connectivity index (χ0) is 18.4. The predicted molar refractivity (Wildman–Crippen MR) is 98.5 cm³/mol. The second-order valence-corrected chi connectivity index (χ2v) is 6.74. The summed E-state index contributed by atoms with van der Waals surface area (Å²) in [4.78, 5) is 12.8. The minimum Gasteiger partial charge on any atom is -0.461 e. The van der Waals surface area contributed by atoms with Crippen molar-refractivity contribution in [3.63, 3.8) is 0 Å². The van der Waals surface area contributed by atoms with Crippen molar-refractivity contribution >= 4 is 23.6 Å². The van der Waals surface area contributed by atoms with Gasteiger partial charge in [0.15, 0.2) is 16.4 Å². The molecule has 0 fully saturated rings. The summed E-state index contributed by atoms with van der Waals surface area (Å²) in [5, 5.41) is 15.6. The number of non-ortho nitro benzene ring substituents is 1. The van der Waals surface area contributed by atoms with Crippen LogP contribution in [0, 0.1) is 14.9 Å². The minimum atomic E-state index is -0.363. The molecule has 0 radical (unpaired) electrons. The van der Waals surface area contributed by atoms with Gasteiger partial charge in [0.2, 0.25) is 0 Å². The lowest BCUT2D eigenvalue weighted by Crippen LogP contribution is -2.32. The SMILES string of the molecule is CC1Cc2cc([N+](=O)[O-])ccc2N1Cn1nc(-c2ccco2)n(C)c1=S. The quantitative estimate of drug-likeness (QED) is 0.396. The highest BCUT2D eigenvalue weighted by atomic mass is 32.1. The fraction of sp³-hybridized carbons (Fsp3) is 0.294. The average Bonchev–Trinajstić information content (AvgIpc) is 3.30. The zero-order valence-electron chi connectivity index (χ0n) is 14.3. The molecule has 26 heavy (non-hydrogen) atoms. The molecular formula is C17H17N5O3S. The number of hydrogen-bond acceptors (Lipinski definition) is 6. The Morgan fingerprint density at radius 2 is 2.23 bits per heavy atom. The van der Waals surface area contributed by atoms with Crippen molar-refractivity contribution in [3.05, 3.63) is 57.0 Å². The van der Waals surface area contributed by atoms with Crippen molar-refractivity contribution in [2.24, 2.45) is 7.05 Å². The van der Waals surface area contributed by atoms with Gasteiger partial charge in [-0.1, -0.05) is 0 Å². The Kier molecular flexibility index (Phi) is 3.87. The Morgan fingerprint density at radius 3 is 2.92 bits per heavy atom. The molecule has 0 amide bonds. The summed E-state index contributed by atoms with van der Waals surface area (Å²) in [6.45, 7) is 2.56. The van der Waals surface area contributed by atoms with E-state index in [9.17, 15) is 10.1 Å². The van der Waals surface area contributed by atoms with Crippen LogP contribution in [0.15, 0.2) is 41.0 Å². The minimum absolute atomic E-state index is 0.118. The fourth-order valence-electron chi connectivity index (χ4n) is 3.36. The smallest absolute Gasteiger partial charge is 0.269 e. The summed E-state index contributed by atoms with van der Waals surface area (Å²) in [5.41, 5.74) is 2.07. The Hall–Kier alpha value is -2.94. The van der Waals surface area contributed by atoms with Crippen molar-refractivity contribution < 1.29 is 9.34 Å². The normalized spacial score (nSPS) is 16.1. The Balaban J connectivity index is 1.68. The number of nitrogens with zero attached hydrogens (tertiary/aromatic N) is 5. The molecule has 1 aliphatic heterocycles. The first-order chi connectivity index (χ1) is 12.5. The van der Waals surface area contributed by atoms with Crippen LogP contribution in [0.5, 0.6) is 0 Å². The van der Waals surface area contributed by atoms with E-state index in [2.05, 4.69) is 16.9 Å². The predicted octanol–water partition coefficient (Wildman–Crippen LogP) is 3.53. The van der Waals surface area contributed by atoms with Gasteiger partial charge >= 0.3 is 0 Å². The highest BCUT2D eigenvalue weighted by Crippen LogP contribution is 2.35. The third kappa shape index (κ3) is 2.60. The largest absolute Gasteiger partial charge is 0.461 e. The number of hydrogen-bond donors (Lipinski definition) is 0. The Bertz CT molecular complexity index is 1040. The molecule has 2 aromatic heterocycles. The lowest BCUT2D eigenvalue weighted by Gasteiger charge is -2.24. The molecule has 0 aliphatic carbocycles. The zero-order valence-corrected chi connectivity index (χ0v) is 15.1. The van der Waals surface area contributed by atoms with Crippen LogP contribution in [0.4, 0.5) is 11.4 Å². The molecule has 134 valence electrons. The van der Waals surface area contributed by atoms with Crippen LogP contribution in [0.1, 0.15) is 12.5 Å². The molecule has 1 atom stereocenters. The lowest BCUT2D eigenvalue weighted by molar-refractivity contribution is -0.384. The highest BCUT2D eigenvalue weighted by molar-refractivity contribution is 7.71. The van der Waals surface area contributed by atoms with Crippen LogP contribution in [-0.2, 0) is 20.1 Å². The van der Waals surface area contributed by atoms with Gasteiger partial charge in [-0.05, 0) is 49.3 Å². The summed E-state index contributed by atoms with van der Waals surface area (Å²) >= 11 is 5.52. The third-order valence-electron chi connectivity index (χ3n) is 4.70. The maximum atomic E-state index is 11.0. The van der Waals surface area contributed by atoms with Crippen molar-refractivity contribution in [2.75, 3.05) is 4.90 Å². The van der Waals surface area contributed by atoms with Crippen molar-refractivity contribution in [1.82, 2.24) is 14.3 Å². The first-order valence-corrected chi connectivity index (χ1v) is 8.58. The van der Waals surface area contributed by atoms with Gasteiger partial charge in [-0.15, -0.1) is 5.10 Å². The van der Waals surface area contributed by atoms with Crippen LogP contribution in [-0.4, -0.2) is 25.3 Å². The van der Waals surface area contributed by atoms with E-state index in [1.54, 1.807) is 23.1 Å². The highest BCUT2D eigenvalue weighted by Gasteiger charge is 2.28. The van der Waals surface area contributed by atoms with Gasteiger partial charge in [0.1, 0.15) is 6.67 Å². The van der Waals surface area contributed by atoms with E-state index in [4.69, 9.17) is 16.6 Å². The topological polar surface area (TPSA) is 82.3 Å². The van der Waals surface area contributed by atoms with E-state index in [1.165, 1.54) is 6.07 Å². The van der Waals surface area contributed by atoms with E-state index in [0.717, 1.165) is 17.7 Å². The summed E-state index contributed by atoms with van der Waals surface area (Å²) in [6, 6.07) is 8.84. The van der Waals surface area contributed by atoms with E-state index < -0.39 is 0 Å². The number of benzene rings is 1. The van der Waals surface area contributed by atoms with E-state index in [-0.39, 0.29) is 16.7 Å². The van der Waals surface area contributed by atoms with Crippen molar-refractivity contribution in [3.8, 4) is 11.6 Å². The molecule has 1 aliphatic rings. The van der Waals surface area contributed by atoms with Gasteiger partial charge in [0, 0.05) is 30.9 Å². The third-order valence-corrected chi connectivity index (χ3v) is 5.18. The van der Waals surface area contributed by atoms with Gasteiger partial charge in [-0.25, -0.2) is 4.68 Å². The van der Waals surface area contributed by atoms with Crippen LogP contribution in [0.25, 0.3) is 11.6 Å². The van der Waals surface area contributed by atoms with E-state index in [1.807, 2.05) is 23.7 Å². The number of furan rings is 1. The molecule has 0 bridgehead atoms. The molecule has 0 N–H and O–H groups in total. The van der Waals surface area contributed by atoms with Crippen molar-refractivity contribution in [2.45, 2.75) is 26.1 Å². The van der Waals surface area contributed by atoms with Gasteiger partial charge in [-0.2, -0.15) is 0 Å². The van der Waals surface area contributed by atoms with Gasteiger partial charge < -0.3 is 13.9 Å². The van der Waals surface area contributed by atoms with E-state index in [0.29, 0.717) is 23.0 Å². The number of rotatable bonds is 4. The average molecular weight is 371 g/mol. The summed E-state index contributed by atoms with van der Waals surface area (Å²) in [6.07, 6.45) is 2.35. The van der Waals surface area contributed by atoms with Crippen LogP contribution < -0.4 is 4.90 Å². The summed E-state index contributed by atoms with van der Waals surface area (Å²) in [7, 11) is 1.86. The molecule has 4 rings (SSSR count). The number of fused-ring (bicyclic) bond motifs is 1. The molecule has 3 aromatic rings. The van der Waals surface area contributed by atoms with Crippen LogP contribution in [0.2, 0.25) is 0 Å². The monoisotopic (exact) mass is 371 g/mol. The van der Waals surface area contributed by atoms with Gasteiger partial charge in [0.05, 0.1) is 11.2 Å². The Morgan fingerprint density at radius 1 is 1.42 bits per heavy atom. The molecule has 0 spiro atoms. The first-order valence-electron chi connectivity index (χ1n) is 8.17. The number of nitro benzene ring substituents is 1. The molecule has 0 saturated heterocycles. The number of aromatic nitrogens is 3. The lowest BCUT2D eigenvalue weighted by atomic mass is 10.1. The summed E-state index contributed by atoms with van der Waals surface area (Å²) in [5.74, 6) is 1.32. The van der Waals surface area contributed by atoms with Gasteiger partial charge in [0.25, 0.3) is 5.69 Å². The maximum Gasteiger partial charge on any atom is 0.269 e. The molecule has 1 aromatic carbocycles. The second kappa shape index (κ2) is 6.10. The molecule has 8 nitrogen and oxygen atoms in total.